The Hall–Kier alpha value is -1.77. The van der Waals surface area contributed by atoms with Gasteiger partial charge in [0.1, 0.15) is 11.1 Å². The van der Waals surface area contributed by atoms with E-state index in [1.807, 2.05) is 6.92 Å². The molecule has 2 atom stereocenters. The van der Waals surface area contributed by atoms with Crippen LogP contribution in [0.1, 0.15) is 40.5 Å². The highest BCUT2D eigenvalue weighted by molar-refractivity contribution is 5.93. The second-order valence-corrected chi connectivity index (χ2v) is 7.13. The molecule has 1 unspecified atom stereocenters. The van der Waals surface area contributed by atoms with Gasteiger partial charge in [-0.2, -0.15) is 5.26 Å². The summed E-state index contributed by atoms with van der Waals surface area (Å²) in [5.41, 5.74) is -1.40. The predicted molar refractivity (Wildman–Crippen MR) is 76.2 cm³/mol. The largest absolute Gasteiger partial charge is 0.444 e. The van der Waals surface area contributed by atoms with E-state index in [-0.39, 0.29) is 17.7 Å². The maximum absolute atomic E-state index is 12.6. The number of carbonyl (C=O) groups excluding carboxylic acids is 2. The molecule has 0 aromatic heterocycles. The number of nitriles is 1. The Morgan fingerprint density at radius 2 is 1.95 bits per heavy atom. The molecule has 1 N–H and O–H groups in total. The van der Waals surface area contributed by atoms with Gasteiger partial charge in [-0.25, -0.2) is 4.79 Å². The zero-order valence-electron chi connectivity index (χ0n) is 13.1. The van der Waals surface area contributed by atoms with Crippen LogP contribution in [0, 0.1) is 23.2 Å². The van der Waals surface area contributed by atoms with E-state index in [9.17, 15) is 9.59 Å². The van der Waals surface area contributed by atoms with Gasteiger partial charge in [0.05, 0.1) is 12.0 Å². The van der Waals surface area contributed by atoms with Crippen molar-refractivity contribution in [1.82, 2.24) is 10.2 Å². The second kappa shape index (κ2) is 5.21. The number of alkyl carbamates (subject to hydrolysis) is 1. The Balaban J connectivity index is 1.97. The highest BCUT2D eigenvalue weighted by Crippen LogP contribution is 2.39. The lowest BCUT2D eigenvalue weighted by atomic mass is 10.0. The van der Waals surface area contributed by atoms with Crippen molar-refractivity contribution in [2.75, 3.05) is 13.1 Å². The Morgan fingerprint density at radius 1 is 1.33 bits per heavy atom. The number of amides is 2. The Morgan fingerprint density at radius 3 is 2.38 bits per heavy atom. The smallest absolute Gasteiger partial charge is 0.408 e. The molecule has 2 rings (SSSR count). The molecule has 0 radical (unpaired) electrons. The number of likely N-dealkylation sites (tertiary alicyclic amines) is 1. The Labute approximate surface area is 125 Å². The molecule has 6 nitrogen and oxygen atoms in total. The Kier molecular flexibility index (Phi) is 3.87. The van der Waals surface area contributed by atoms with Gasteiger partial charge < -0.3 is 15.0 Å². The molecule has 0 aromatic rings. The lowest BCUT2D eigenvalue weighted by molar-refractivity contribution is -0.133. The zero-order chi connectivity index (χ0) is 15.8. The first-order chi connectivity index (χ1) is 9.67. The minimum absolute atomic E-state index is 0.0852. The van der Waals surface area contributed by atoms with Crippen LogP contribution < -0.4 is 5.32 Å². The first-order valence-electron chi connectivity index (χ1n) is 7.37. The summed E-state index contributed by atoms with van der Waals surface area (Å²) >= 11 is 0. The van der Waals surface area contributed by atoms with Crippen LogP contribution >= 0.6 is 0 Å². The van der Waals surface area contributed by atoms with Crippen LogP contribution in [0.2, 0.25) is 0 Å². The maximum atomic E-state index is 12.6. The van der Waals surface area contributed by atoms with Crippen LogP contribution in [0.5, 0.6) is 0 Å². The summed E-state index contributed by atoms with van der Waals surface area (Å²) in [7, 11) is 0. The molecule has 0 aromatic carbocycles. The number of rotatable bonds is 2. The van der Waals surface area contributed by atoms with E-state index < -0.39 is 17.2 Å². The normalized spacial score (nSPS) is 26.9. The molecule has 2 amide bonds. The third-order valence-electron chi connectivity index (χ3n) is 3.96. The number of nitrogens with zero attached hydrogens (tertiary/aromatic N) is 2. The molecule has 116 valence electrons. The summed E-state index contributed by atoms with van der Waals surface area (Å²) in [5, 5.41) is 11.8. The number of hydrogen-bond acceptors (Lipinski definition) is 4. The van der Waals surface area contributed by atoms with Crippen molar-refractivity contribution in [3.8, 4) is 6.07 Å². The lowest BCUT2D eigenvalue weighted by Gasteiger charge is -2.26. The van der Waals surface area contributed by atoms with Crippen molar-refractivity contribution in [3.05, 3.63) is 0 Å². The van der Waals surface area contributed by atoms with E-state index in [2.05, 4.69) is 11.4 Å². The van der Waals surface area contributed by atoms with Crippen LogP contribution in [-0.4, -0.2) is 41.1 Å². The molecule has 1 saturated heterocycles. The molecule has 2 aliphatic rings. The van der Waals surface area contributed by atoms with Crippen molar-refractivity contribution in [2.45, 2.75) is 51.7 Å². The van der Waals surface area contributed by atoms with Crippen LogP contribution in [0.3, 0.4) is 0 Å². The van der Waals surface area contributed by atoms with Gasteiger partial charge in [-0.3, -0.25) is 4.79 Å². The predicted octanol–water partition coefficient (Wildman–Crippen LogP) is 1.66. The first-order valence-corrected chi connectivity index (χ1v) is 7.37. The number of hydrogen-bond donors (Lipinski definition) is 1. The van der Waals surface area contributed by atoms with Crippen molar-refractivity contribution in [3.63, 3.8) is 0 Å². The van der Waals surface area contributed by atoms with E-state index in [4.69, 9.17) is 10.00 Å². The standard InChI is InChI=1S/C15H23N3O3/c1-10-8-18(9-11(10)7-16)12(19)15(5-6-15)17-13(20)21-14(2,3)4/h10-11H,5-6,8-9H2,1-4H3,(H,17,20)/t10-,11?/m1/s1. The van der Waals surface area contributed by atoms with Gasteiger partial charge in [0, 0.05) is 13.1 Å². The molecular formula is C15H23N3O3. The van der Waals surface area contributed by atoms with Crippen molar-refractivity contribution < 1.29 is 14.3 Å². The second-order valence-electron chi connectivity index (χ2n) is 7.13. The highest BCUT2D eigenvalue weighted by Gasteiger charge is 2.55. The van der Waals surface area contributed by atoms with E-state index >= 15 is 0 Å². The third kappa shape index (κ3) is 3.46. The van der Waals surface area contributed by atoms with Crippen LogP contribution in [0.25, 0.3) is 0 Å². The molecule has 6 heteroatoms. The summed E-state index contributed by atoms with van der Waals surface area (Å²) < 4.78 is 5.22. The van der Waals surface area contributed by atoms with Gasteiger partial charge in [-0.05, 0) is 39.5 Å². The Bertz CT molecular complexity index is 485. The monoisotopic (exact) mass is 293 g/mol. The van der Waals surface area contributed by atoms with E-state index in [0.717, 1.165) is 0 Å². The minimum atomic E-state index is -0.813. The molecule has 1 saturated carbocycles. The van der Waals surface area contributed by atoms with Crippen LogP contribution in [-0.2, 0) is 9.53 Å². The fourth-order valence-electron chi connectivity index (χ4n) is 2.62. The maximum Gasteiger partial charge on any atom is 0.408 e. The average Bonchev–Trinajstić information content (AvgIpc) is 3.01. The van der Waals surface area contributed by atoms with Gasteiger partial charge in [0.25, 0.3) is 0 Å². The summed E-state index contributed by atoms with van der Waals surface area (Å²) in [5.74, 6) is -0.0273. The molecular weight excluding hydrogens is 270 g/mol. The summed E-state index contributed by atoms with van der Waals surface area (Å²) in [6.07, 6.45) is 0.706. The van der Waals surface area contributed by atoms with Crippen LogP contribution in [0.4, 0.5) is 4.79 Å². The van der Waals surface area contributed by atoms with E-state index in [1.54, 1.807) is 25.7 Å². The van der Waals surface area contributed by atoms with Gasteiger partial charge in [-0.1, -0.05) is 6.92 Å². The number of nitrogens with one attached hydrogen (secondary N) is 1. The lowest BCUT2D eigenvalue weighted by Crippen LogP contribution is -2.51. The molecule has 0 bridgehead atoms. The third-order valence-corrected chi connectivity index (χ3v) is 3.96. The van der Waals surface area contributed by atoms with Gasteiger partial charge >= 0.3 is 6.09 Å². The summed E-state index contributed by atoms with van der Waals surface area (Å²) in [4.78, 5) is 26.1. The number of carbonyl (C=O) groups is 2. The van der Waals surface area contributed by atoms with Gasteiger partial charge in [-0.15, -0.1) is 0 Å². The SMILES string of the molecule is C[C@@H]1CN(C(=O)C2(NC(=O)OC(C)(C)C)CC2)CC1C#N. The quantitative estimate of drug-likeness (QED) is 0.839. The molecule has 1 aliphatic carbocycles. The highest BCUT2D eigenvalue weighted by atomic mass is 16.6. The molecule has 0 spiro atoms. The van der Waals surface area contributed by atoms with Gasteiger partial charge in [0.15, 0.2) is 0 Å². The number of ether oxygens (including phenoxy) is 1. The molecule has 21 heavy (non-hydrogen) atoms. The molecule has 1 heterocycles. The first kappa shape index (κ1) is 15.6. The topological polar surface area (TPSA) is 82.4 Å². The minimum Gasteiger partial charge on any atom is -0.444 e. The average molecular weight is 293 g/mol. The van der Waals surface area contributed by atoms with Crippen molar-refractivity contribution in [2.24, 2.45) is 11.8 Å². The fourth-order valence-corrected chi connectivity index (χ4v) is 2.62. The van der Waals surface area contributed by atoms with Crippen molar-refractivity contribution >= 4 is 12.0 Å². The zero-order valence-corrected chi connectivity index (χ0v) is 13.1. The summed E-state index contributed by atoms with van der Waals surface area (Å²) in [6.45, 7) is 8.36. The van der Waals surface area contributed by atoms with E-state index in [0.29, 0.717) is 25.9 Å². The summed E-state index contributed by atoms with van der Waals surface area (Å²) in [6, 6.07) is 2.24. The fraction of sp³-hybridized carbons (Fsp3) is 0.800. The van der Waals surface area contributed by atoms with Crippen LogP contribution in [0.15, 0.2) is 0 Å². The van der Waals surface area contributed by atoms with E-state index in [1.165, 1.54) is 0 Å². The molecule has 1 aliphatic heterocycles. The van der Waals surface area contributed by atoms with Gasteiger partial charge in [0.2, 0.25) is 5.91 Å². The van der Waals surface area contributed by atoms with Crippen molar-refractivity contribution in [1.29, 1.82) is 5.26 Å². The molecule has 2 fully saturated rings.